The minimum atomic E-state index is 0.157. The van der Waals surface area contributed by atoms with E-state index in [2.05, 4.69) is 66.6 Å². The summed E-state index contributed by atoms with van der Waals surface area (Å²) in [6, 6.07) is 0. The third kappa shape index (κ3) is 11.0. The van der Waals surface area contributed by atoms with Crippen LogP contribution in [0.5, 0.6) is 0 Å². The van der Waals surface area contributed by atoms with Crippen LogP contribution in [0.3, 0.4) is 0 Å². The smallest absolute Gasteiger partial charge is 0.0934 e. The Morgan fingerprint density at radius 2 is 1.56 bits per heavy atom. The Morgan fingerprint density at radius 1 is 0.812 bits per heavy atom. The summed E-state index contributed by atoms with van der Waals surface area (Å²) in [6.07, 6.45) is 28.6. The van der Waals surface area contributed by atoms with Crippen LogP contribution in [0.2, 0.25) is 0 Å². The summed E-state index contributed by atoms with van der Waals surface area (Å²) in [5.74, 6) is 5.45. The molecule has 9 atom stereocenters. The zero-order chi connectivity index (χ0) is 34.6. The molecule has 4 nitrogen and oxygen atoms in total. The number of rotatable bonds is 23. The van der Waals surface area contributed by atoms with Crippen LogP contribution in [0.25, 0.3) is 0 Å². The van der Waals surface area contributed by atoms with E-state index >= 15 is 0 Å². The number of hydrogen-bond donors (Lipinski definition) is 0. The van der Waals surface area contributed by atoms with E-state index in [4.69, 9.17) is 14.2 Å². The van der Waals surface area contributed by atoms with Crippen molar-refractivity contribution in [3.8, 4) is 0 Å². The van der Waals surface area contributed by atoms with E-state index in [1.54, 1.807) is 5.57 Å². The van der Waals surface area contributed by atoms with Crippen molar-refractivity contribution in [2.45, 2.75) is 176 Å². The molecule has 1 unspecified atom stereocenters. The van der Waals surface area contributed by atoms with E-state index in [1.165, 1.54) is 109 Å². The third-order valence-electron chi connectivity index (χ3n) is 14.0. The zero-order valence-electron chi connectivity index (χ0n) is 33.3. The quantitative estimate of drug-likeness (QED) is 0.0799. The standard InChI is InChI=1S/C44H81NO3/c1-9-10-11-12-13-14-28-46-33-38(32-45(7)8)48-30-16-15-29-47-37-24-26-43(5)36(31-37)20-21-39-41-23-22-40(35(4)19-17-18-34(2)3)44(41,6)27-25-42(39)43/h20,34-35,37-42H,9-19,21-33H2,1-8H3/t35-,37?,38+,39+,40-,41+,42+,43+,44-/m1/s1. The van der Waals surface area contributed by atoms with Gasteiger partial charge in [-0.1, -0.05) is 105 Å². The summed E-state index contributed by atoms with van der Waals surface area (Å²) in [5.41, 5.74) is 2.75. The molecule has 4 aliphatic carbocycles. The molecule has 4 aliphatic rings. The Kier molecular flexibility index (Phi) is 16.8. The van der Waals surface area contributed by atoms with Crippen LogP contribution in [0.1, 0.15) is 164 Å². The summed E-state index contributed by atoms with van der Waals surface area (Å²) in [7, 11) is 4.25. The van der Waals surface area contributed by atoms with Gasteiger partial charge in [0.25, 0.3) is 0 Å². The van der Waals surface area contributed by atoms with Crippen LogP contribution < -0.4 is 0 Å². The first-order chi connectivity index (χ1) is 23.1. The highest BCUT2D eigenvalue weighted by molar-refractivity contribution is 5.25. The fourth-order valence-corrected chi connectivity index (χ4v) is 11.3. The second kappa shape index (κ2) is 20.0. The number of likely N-dealkylation sites (N-methyl/N-ethyl adjacent to an activating group) is 1. The number of ether oxygens (including phenoxy) is 3. The minimum absolute atomic E-state index is 0.157. The van der Waals surface area contributed by atoms with Crippen molar-refractivity contribution in [3.63, 3.8) is 0 Å². The Hall–Kier alpha value is -0.420. The van der Waals surface area contributed by atoms with Crippen molar-refractivity contribution in [2.24, 2.45) is 46.3 Å². The van der Waals surface area contributed by atoms with E-state index < -0.39 is 0 Å². The van der Waals surface area contributed by atoms with Gasteiger partial charge in [-0.3, -0.25) is 0 Å². The first kappa shape index (κ1) is 40.4. The molecule has 0 saturated heterocycles. The van der Waals surface area contributed by atoms with Crippen LogP contribution in [-0.2, 0) is 14.2 Å². The molecule has 0 heterocycles. The molecule has 0 aromatic heterocycles. The van der Waals surface area contributed by atoms with E-state index in [0.29, 0.717) is 23.5 Å². The number of unbranched alkanes of at least 4 members (excludes halogenated alkanes) is 6. The lowest BCUT2D eigenvalue weighted by molar-refractivity contribution is -0.0648. The monoisotopic (exact) mass is 672 g/mol. The van der Waals surface area contributed by atoms with Gasteiger partial charge in [-0.25, -0.2) is 0 Å². The SMILES string of the molecule is CCCCCCCCOC[C@H](CN(C)C)OCCCCOC1CC[C@@]2(C)C(=CC[C@H]3[C@@H]4CC[C@H]([C@H](C)CCCC(C)C)[C@@]4(C)CC[C@@H]32)C1. The molecule has 3 fully saturated rings. The van der Waals surface area contributed by atoms with Gasteiger partial charge in [-0.05, 0) is 131 Å². The Labute approximate surface area is 299 Å². The maximum absolute atomic E-state index is 6.55. The molecule has 0 aromatic rings. The highest BCUT2D eigenvalue weighted by atomic mass is 16.5. The molecule has 0 radical (unpaired) electrons. The predicted octanol–water partition coefficient (Wildman–Crippen LogP) is 11.5. The molecule has 0 spiro atoms. The lowest BCUT2D eigenvalue weighted by atomic mass is 9.47. The van der Waals surface area contributed by atoms with Crippen molar-refractivity contribution >= 4 is 0 Å². The second-order valence-corrected chi connectivity index (χ2v) is 18.3. The number of fused-ring (bicyclic) bond motifs is 5. The van der Waals surface area contributed by atoms with Crippen LogP contribution in [0, 0.1) is 46.3 Å². The van der Waals surface area contributed by atoms with Gasteiger partial charge in [0.1, 0.15) is 0 Å². The summed E-state index contributed by atoms with van der Waals surface area (Å²) < 4.78 is 18.9. The predicted molar refractivity (Wildman–Crippen MR) is 205 cm³/mol. The van der Waals surface area contributed by atoms with Gasteiger partial charge in [0, 0.05) is 26.4 Å². The molecular formula is C44H81NO3. The highest BCUT2D eigenvalue weighted by Crippen LogP contribution is 2.67. The highest BCUT2D eigenvalue weighted by Gasteiger charge is 2.59. The largest absolute Gasteiger partial charge is 0.379 e. The van der Waals surface area contributed by atoms with Gasteiger partial charge < -0.3 is 19.1 Å². The second-order valence-electron chi connectivity index (χ2n) is 18.3. The van der Waals surface area contributed by atoms with Crippen molar-refractivity contribution in [3.05, 3.63) is 11.6 Å². The number of allylic oxidation sites excluding steroid dienone is 1. The average Bonchev–Trinajstić information content (AvgIpc) is 3.40. The fraction of sp³-hybridized carbons (Fsp3) is 0.955. The van der Waals surface area contributed by atoms with Crippen molar-refractivity contribution < 1.29 is 14.2 Å². The molecule has 4 heteroatoms. The summed E-state index contributed by atoms with van der Waals surface area (Å²) in [4.78, 5) is 2.22. The molecule has 0 aliphatic heterocycles. The maximum Gasteiger partial charge on any atom is 0.0934 e. The van der Waals surface area contributed by atoms with Crippen molar-refractivity contribution in [2.75, 3.05) is 47.1 Å². The van der Waals surface area contributed by atoms with Crippen LogP contribution in [0.4, 0.5) is 0 Å². The van der Waals surface area contributed by atoms with Crippen LogP contribution >= 0.6 is 0 Å². The number of nitrogens with zero attached hydrogens (tertiary/aromatic N) is 1. The van der Waals surface area contributed by atoms with E-state index in [0.717, 1.165) is 74.7 Å². The first-order valence-electron chi connectivity index (χ1n) is 21.2. The maximum atomic E-state index is 6.55. The Morgan fingerprint density at radius 3 is 2.33 bits per heavy atom. The van der Waals surface area contributed by atoms with Gasteiger partial charge in [0.2, 0.25) is 0 Å². The van der Waals surface area contributed by atoms with Crippen LogP contribution in [-0.4, -0.2) is 64.2 Å². The van der Waals surface area contributed by atoms with E-state index in [9.17, 15) is 0 Å². The Bertz CT molecular complexity index is 932. The molecule has 3 saturated carbocycles. The topological polar surface area (TPSA) is 30.9 Å². The molecule has 48 heavy (non-hydrogen) atoms. The van der Waals surface area contributed by atoms with E-state index in [1.807, 2.05) is 0 Å². The molecule has 0 bridgehead atoms. The van der Waals surface area contributed by atoms with E-state index in [-0.39, 0.29) is 6.10 Å². The molecule has 0 amide bonds. The minimum Gasteiger partial charge on any atom is -0.379 e. The van der Waals surface area contributed by atoms with Gasteiger partial charge in [-0.15, -0.1) is 0 Å². The molecule has 0 aromatic carbocycles. The Balaban J connectivity index is 1.15. The summed E-state index contributed by atoms with van der Waals surface area (Å²) in [5, 5.41) is 0. The summed E-state index contributed by atoms with van der Waals surface area (Å²) in [6.45, 7) is 19.2. The molecule has 0 N–H and O–H groups in total. The lowest BCUT2D eigenvalue weighted by Gasteiger charge is -2.58. The third-order valence-corrected chi connectivity index (χ3v) is 14.0. The van der Waals surface area contributed by atoms with Gasteiger partial charge in [0.05, 0.1) is 18.8 Å². The average molecular weight is 672 g/mol. The molecular weight excluding hydrogens is 590 g/mol. The van der Waals surface area contributed by atoms with Gasteiger partial charge >= 0.3 is 0 Å². The van der Waals surface area contributed by atoms with Gasteiger partial charge in [0.15, 0.2) is 0 Å². The van der Waals surface area contributed by atoms with Crippen molar-refractivity contribution in [1.82, 2.24) is 4.90 Å². The first-order valence-corrected chi connectivity index (χ1v) is 21.2. The molecule has 4 rings (SSSR count). The molecule has 280 valence electrons. The normalized spacial score (nSPS) is 33.0. The lowest BCUT2D eigenvalue weighted by Crippen LogP contribution is -2.51. The van der Waals surface area contributed by atoms with Crippen molar-refractivity contribution in [1.29, 1.82) is 0 Å². The zero-order valence-corrected chi connectivity index (χ0v) is 33.3. The van der Waals surface area contributed by atoms with Crippen LogP contribution in [0.15, 0.2) is 11.6 Å². The van der Waals surface area contributed by atoms with Gasteiger partial charge in [-0.2, -0.15) is 0 Å². The summed E-state index contributed by atoms with van der Waals surface area (Å²) >= 11 is 0. The fourth-order valence-electron chi connectivity index (χ4n) is 11.3. The number of hydrogen-bond acceptors (Lipinski definition) is 4.